The van der Waals surface area contributed by atoms with Crippen molar-refractivity contribution >= 4 is 51.7 Å². The van der Waals surface area contributed by atoms with Gasteiger partial charge in [-0.25, -0.2) is 9.37 Å². The number of rotatable bonds is 9. The molecule has 2 saturated heterocycles. The molecule has 2 unspecified atom stereocenters. The summed E-state index contributed by atoms with van der Waals surface area (Å²) in [6, 6.07) is 21.1. The number of imide groups is 1. The minimum atomic E-state index is -1.31. The molecule has 0 radical (unpaired) electrons. The van der Waals surface area contributed by atoms with Crippen molar-refractivity contribution in [3.63, 3.8) is 0 Å². The predicted molar refractivity (Wildman–Crippen MR) is 213 cm³/mol. The smallest absolute Gasteiger partial charge is 0.255 e. The number of halogens is 1. The summed E-state index contributed by atoms with van der Waals surface area (Å²) in [6.07, 6.45) is 2.10. The number of aromatic nitrogens is 1. The highest BCUT2D eigenvalue weighted by Crippen LogP contribution is 2.38. The molecule has 1 aromatic heterocycles. The predicted octanol–water partition coefficient (Wildman–Crippen LogP) is 5.07. The number of hydrogen-bond donors (Lipinski definition) is 3. The van der Waals surface area contributed by atoms with Crippen LogP contribution in [-0.2, 0) is 34.0 Å². The Hall–Kier alpha value is -6.45. The zero-order chi connectivity index (χ0) is 40.1. The van der Waals surface area contributed by atoms with Gasteiger partial charge in [0.1, 0.15) is 23.7 Å². The third-order valence-corrected chi connectivity index (χ3v) is 12.1. The van der Waals surface area contributed by atoms with Crippen LogP contribution in [0.4, 0.5) is 15.2 Å². The van der Waals surface area contributed by atoms with E-state index in [1.165, 1.54) is 28.5 Å². The van der Waals surface area contributed by atoms with Gasteiger partial charge in [0.25, 0.3) is 17.7 Å². The van der Waals surface area contributed by atoms with Gasteiger partial charge in [-0.1, -0.05) is 36.4 Å². The summed E-state index contributed by atoms with van der Waals surface area (Å²) < 4.78 is 14.4. The minimum Gasteiger partial charge on any atom is -0.508 e. The van der Waals surface area contributed by atoms with E-state index in [1.54, 1.807) is 10.3 Å². The highest BCUT2D eigenvalue weighted by atomic mass is 32.1. The number of thiazole rings is 1. The highest BCUT2D eigenvalue weighted by molar-refractivity contribution is 7.13. The first-order valence-corrected chi connectivity index (χ1v) is 19.9. The Morgan fingerprint density at radius 3 is 2.43 bits per heavy atom. The SMILES string of the molecule is O=C1CCC(N2Cc3cc(CN4CCN(c5ccc(-c6ccc7c(c6)C(=O)N(C(C(=O)Nc6nccs6)c6cc(F)ccc6O)C7)cc5)CC4)ccc3C2=O)C(=O)N1. The van der Waals surface area contributed by atoms with Crippen molar-refractivity contribution in [2.45, 2.75) is 44.6 Å². The van der Waals surface area contributed by atoms with Gasteiger partial charge in [-0.3, -0.25) is 39.5 Å². The van der Waals surface area contributed by atoms with Crippen LogP contribution in [0, 0.1) is 5.82 Å². The van der Waals surface area contributed by atoms with E-state index in [0.717, 1.165) is 72.8 Å². The largest absolute Gasteiger partial charge is 0.508 e. The molecule has 4 aliphatic rings. The van der Waals surface area contributed by atoms with E-state index in [9.17, 15) is 33.5 Å². The molecule has 15 heteroatoms. The first-order chi connectivity index (χ1) is 28.1. The van der Waals surface area contributed by atoms with Gasteiger partial charge >= 0.3 is 0 Å². The molecule has 4 aromatic carbocycles. The number of phenols is 1. The molecule has 0 spiro atoms. The molecule has 294 valence electrons. The Kier molecular flexibility index (Phi) is 9.69. The Balaban J connectivity index is 0.835. The van der Waals surface area contributed by atoms with E-state index < -0.39 is 35.6 Å². The van der Waals surface area contributed by atoms with Gasteiger partial charge in [-0.05, 0) is 76.7 Å². The van der Waals surface area contributed by atoms with Crippen LogP contribution in [0.25, 0.3) is 11.1 Å². The fourth-order valence-electron chi connectivity index (χ4n) is 8.38. The Labute approximate surface area is 336 Å². The zero-order valence-electron chi connectivity index (χ0n) is 31.2. The van der Waals surface area contributed by atoms with Crippen molar-refractivity contribution < 1.29 is 33.5 Å². The fourth-order valence-corrected chi connectivity index (χ4v) is 8.91. The summed E-state index contributed by atoms with van der Waals surface area (Å²) in [5.74, 6) is -2.85. The molecule has 5 amide bonds. The maximum atomic E-state index is 14.4. The molecular formula is C43H38FN7O6S. The molecule has 0 aliphatic carbocycles. The molecular weight excluding hydrogens is 762 g/mol. The number of benzene rings is 4. The van der Waals surface area contributed by atoms with E-state index in [1.807, 2.05) is 42.5 Å². The van der Waals surface area contributed by atoms with Gasteiger partial charge in [0, 0.05) is 86.2 Å². The van der Waals surface area contributed by atoms with Crippen molar-refractivity contribution in [2.24, 2.45) is 0 Å². The Morgan fingerprint density at radius 2 is 1.67 bits per heavy atom. The quantitative estimate of drug-likeness (QED) is 0.173. The van der Waals surface area contributed by atoms with E-state index in [2.05, 4.69) is 43.6 Å². The van der Waals surface area contributed by atoms with Gasteiger partial charge in [0.05, 0.1) is 0 Å². The van der Waals surface area contributed by atoms with Crippen molar-refractivity contribution in [1.82, 2.24) is 25.0 Å². The number of carbonyl (C=O) groups excluding carboxylic acids is 5. The van der Waals surface area contributed by atoms with Crippen LogP contribution in [0.3, 0.4) is 0 Å². The number of anilines is 2. The summed E-state index contributed by atoms with van der Waals surface area (Å²) in [6.45, 7) is 4.54. The lowest BCUT2D eigenvalue weighted by Gasteiger charge is -2.36. The van der Waals surface area contributed by atoms with E-state index in [4.69, 9.17) is 0 Å². The summed E-state index contributed by atoms with van der Waals surface area (Å²) in [7, 11) is 0. The summed E-state index contributed by atoms with van der Waals surface area (Å²) in [5.41, 5.74) is 6.58. The standard InChI is InChI=1S/C43H38FN7O6S/c44-30-6-11-36(52)34(21-30)38(40(55)47-43-45-13-18-58-43)51-23-28-3-2-27(20-33(28)42(51)57)26-4-7-31(8-5-26)49-16-14-48(15-17-49)22-25-1-9-32-29(19-25)24-50(41(32)56)35-10-12-37(53)46-39(35)54/h1-9,11,13,18-21,35,38,52H,10,12,14-17,22-24H2,(H,45,47,55)(H,46,53,54). The first kappa shape index (κ1) is 37.1. The lowest BCUT2D eigenvalue weighted by Crippen LogP contribution is -2.52. The number of phenolic OH excluding ortho intramolecular Hbond substituents is 1. The van der Waals surface area contributed by atoms with Gasteiger partial charge in [-0.15, -0.1) is 11.3 Å². The third-order valence-electron chi connectivity index (χ3n) is 11.4. The van der Waals surface area contributed by atoms with Crippen LogP contribution in [-0.4, -0.2) is 86.5 Å². The molecule has 2 atom stereocenters. The van der Waals surface area contributed by atoms with Gasteiger partial charge < -0.3 is 19.8 Å². The molecule has 9 rings (SSSR count). The molecule has 5 heterocycles. The average molecular weight is 800 g/mol. The normalized spacial score (nSPS) is 18.6. The van der Waals surface area contributed by atoms with Gasteiger partial charge in [0.2, 0.25) is 11.8 Å². The number of carbonyl (C=O) groups is 5. The van der Waals surface area contributed by atoms with E-state index >= 15 is 0 Å². The van der Waals surface area contributed by atoms with Gasteiger partial charge in [0.15, 0.2) is 5.13 Å². The number of amides is 5. The van der Waals surface area contributed by atoms with Crippen LogP contribution < -0.4 is 15.5 Å². The van der Waals surface area contributed by atoms with Crippen molar-refractivity contribution in [3.8, 4) is 16.9 Å². The van der Waals surface area contributed by atoms with Gasteiger partial charge in [-0.2, -0.15) is 0 Å². The number of aromatic hydroxyl groups is 1. The number of piperazine rings is 1. The van der Waals surface area contributed by atoms with Crippen LogP contribution in [0.2, 0.25) is 0 Å². The van der Waals surface area contributed by atoms with Crippen LogP contribution in [0.1, 0.15) is 61.9 Å². The topological polar surface area (TPSA) is 155 Å². The molecule has 2 fully saturated rings. The number of hydrogen-bond acceptors (Lipinski definition) is 10. The Morgan fingerprint density at radius 1 is 0.879 bits per heavy atom. The summed E-state index contributed by atoms with van der Waals surface area (Å²) in [4.78, 5) is 76.5. The maximum absolute atomic E-state index is 14.4. The second-order valence-electron chi connectivity index (χ2n) is 14.9. The molecule has 3 N–H and O–H groups in total. The zero-order valence-corrected chi connectivity index (χ0v) is 32.0. The highest BCUT2D eigenvalue weighted by Gasteiger charge is 2.41. The maximum Gasteiger partial charge on any atom is 0.255 e. The van der Waals surface area contributed by atoms with E-state index in [0.29, 0.717) is 34.8 Å². The lowest BCUT2D eigenvalue weighted by atomic mass is 10.00. The number of nitrogens with zero attached hydrogens (tertiary/aromatic N) is 5. The average Bonchev–Trinajstić information content (AvgIpc) is 3.94. The lowest BCUT2D eigenvalue weighted by molar-refractivity contribution is -0.137. The molecule has 0 bridgehead atoms. The second kappa shape index (κ2) is 15.1. The Bertz CT molecular complexity index is 2470. The van der Waals surface area contributed by atoms with Crippen LogP contribution in [0.5, 0.6) is 5.75 Å². The molecule has 0 saturated carbocycles. The minimum absolute atomic E-state index is 0.0205. The number of fused-ring (bicyclic) bond motifs is 2. The molecule has 5 aromatic rings. The summed E-state index contributed by atoms with van der Waals surface area (Å²) in [5, 5.41) is 17.8. The molecule has 13 nitrogen and oxygen atoms in total. The van der Waals surface area contributed by atoms with Crippen molar-refractivity contribution in [1.29, 1.82) is 0 Å². The summed E-state index contributed by atoms with van der Waals surface area (Å²) >= 11 is 1.21. The first-order valence-electron chi connectivity index (χ1n) is 19.1. The molecule has 4 aliphatic heterocycles. The van der Waals surface area contributed by atoms with Crippen molar-refractivity contribution in [2.75, 3.05) is 36.4 Å². The van der Waals surface area contributed by atoms with E-state index in [-0.39, 0.29) is 36.1 Å². The number of nitrogens with one attached hydrogen (secondary N) is 2. The van der Waals surface area contributed by atoms with Crippen molar-refractivity contribution in [3.05, 3.63) is 130 Å². The van der Waals surface area contributed by atoms with Crippen LogP contribution in [0.15, 0.2) is 90.4 Å². The fraction of sp³-hybridized carbons (Fsp3) is 0.256. The van der Waals surface area contributed by atoms with Crippen LogP contribution >= 0.6 is 11.3 Å². The monoisotopic (exact) mass is 799 g/mol. The molecule has 58 heavy (non-hydrogen) atoms. The second-order valence-corrected chi connectivity index (χ2v) is 15.8. The number of piperidine rings is 1. The third kappa shape index (κ3) is 7.07.